The third-order valence-corrected chi connectivity index (χ3v) is 5.13. The third kappa shape index (κ3) is 2.04. The Balaban J connectivity index is 0.000000490. The van der Waals surface area contributed by atoms with Gasteiger partial charge in [-0.15, -0.1) is 0 Å². The Labute approximate surface area is 111 Å². The normalized spacial score (nSPS) is 48.3. The van der Waals surface area contributed by atoms with Gasteiger partial charge in [0.2, 0.25) is 0 Å². The summed E-state index contributed by atoms with van der Waals surface area (Å²) in [7, 11) is 0. The van der Waals surface area contributed by atoms with Crippen molar-refractivity contribution in [2.45, 2.75) is 44.1 Å². The van der Waals surface area contributed by atoms with Crippen molar-refractivity contribution in [2.24, 2.45) is 17.8 Å². The number of nitrogens with one attached hydrogen (secondary N) is 1. The summed E-state index contributed by atoms with van der Waals surface area (Å²) >= 11 is 2.17. The zero-order chi connectivity index (χ0) is 8.18. The van der Waals surface area contributed by atoms with Gasteiger partial charge in [0.15, 0.2) is 0 Å². The van der Waals surface area contributed by atoms with E-state index in [1.54, 1.807) is 19.3 Å². The molecule has 0 saturated heterocycles. The van der Waals surface area contributed by atoms with Crippen molar-refractivity contribution in [3.05, 3.63) is 0 Å². The van der Waals surface area contributed by atoms with Crippen molar-refractivity contribution in [3.8, 4) is 0 Å². The maximum atomic E-state index is 3.61. The van der Waals surface area contributed by atoms with E-state index in [4.69, 9.17) is 0 Å². The van der Waals surface area contributed by atoms with Gasteiger partial charge in [-0.3, -0.25) is 0 Å². The Kier molecular flexibility index (Phi) is 4.41. The van der Waals surface area contributed by atoms with Gasteiger partial charge in [0.25, 0.3) is 0 Å². The molecule has 4 aliphatic carbocycles. The summed E-state index contributed by atoms with van der Waals surface area (Å²) in [6.07, 6.45) is 9.11. The number of halogens is 2. The molecule has 14 heavy (non-hydrogen) atoms. The van der Waals surface area contributed by atoms with E-state index in [-0.39, 0.29) is 24.8 Å². The minimum atomic E-state index is 0. The molecule has 1 N–H and O–H groups in total. The van der Waals surface area contributed by atoms with Gasteiger partial charge in [0.05, 0.1) is 0 Å². The van der Waals surface area contributed by atoms with Crippen molar-refractivity contribution < 1.29 is 45.5 Å². The molecule has 79 valence electrons. The first-order valence-corrected chi connectivity index (χ1v) is 6.02. The fourth-order valence-corrected chi connectivity index (χ4v) is 4.74. The van der Waals surface area contributed by atoms with Crippen molar-refractivity contribution >= 4 is 0 Å². The molecule has 0 heterocycles. The van der Waals surface area contributed by atoms with E-state index in [1.165, 1.54) is 19.3 Å². The van der Waals surface area contributed by atoms with Gasteiger partial charge >= 0.3 is 86.3 Å². The molecule has 4 aliphatic rings. The van der Waals surface area contributed by atoms with Crippen molar-refractivity contribution in [1.82, 2.24) is 3.80 Å². The van der Waals surface area contributed by atoms with Gasteiger partial charge in [0, 0.05) is 0 Å². The van der Waals surface area contributed by atoms with Crippen molar-refractivity contribution in [1.29, 1.82) is 0 Å². The molecule has 0 aromatic carbocycles. The van der Waals surface area contributed by atoms with Gasteiger partial charge in [-0.05, 0) is 0 Å². The predicted octanol–water partition coefficient (Wildman–Crippen LogP) is -3.99. The second-order valence-electron chi connectivity index (χ2n) is 5.32. The molecule has 0 unspecified atom stereocenters. The van der Waals surface area contributed by atoms with Crippen LogP contribution in [0.2, 0.25) is 0 Å². The van der Waals surface area contributed by atoms with Gasteiger partial charge in [-0.2, -0.15) is 0 Å². The second kappa shape index (κ2) is 4.63. The molecule has 4 heteroatoms. The molecule has 0 aliphatic heterocycles. The Hall–Kier alpha value is 1.25. The molecule has 0 atom stereocenters. The molecule has 0 spiro atoms. The molecular formula is C10H16Cl2NTi. The van der Waals surface area contributed by atoms with Crippen LogP contribution < -0.4 is 28.6 Å². The second-order valence-corrected chi connectivity index (χ2v) is 5.71. The average Bonchev–Trinajstić information content (AvgIpc) is 2.02. The first-order valence-electron chi connectivity index (χ1n) is 5.23. The van der Waals surface area contributed by atoms with E-state index in [9.17, 15) is 0 Å². The van der Waals surface area contributed by atoms with E-state index in [0.717, 1.165) is 17.8 Å². The van der Waals surface area contributed by atoms with Crippen LogP contribution in [0.4, 0.5) is 0 Å². The summed E-state index contributed by atoms with van der Waals surface area (Å²) < 4.78 is 3.61. The molecule has 4 fully saturated rings. The Morgan fingerprint density at radius 1 is 0.857 bits per heavy atom. The predicted molar refractivity (Wildman–Crippen MR) is 44.0 cm³/mol. The molecular weight excluding hydrogens is 253 g/mol. The summed E-state index contributed by atoms with van der Waals surface area (Å²) in [4.78, 5) is 0. The zero-order valence-electron chi connectivity index (χ0n) is 8.23. The Morgan fingerprint density at radius 2 is 1.21 bits per heavy atom. The third-order valence-electron chi connectivity index (χ3n) is 4.30. The van der Waals surface area contributed by atoms with Crippen LogP contribution in [0.3, 0.4) is 0 Å². The SMILES string of the molecule is [Cl-].[Cl-].[Ti+2][NH]C12CC3CC(CC(C3)C1)C2. The zero-order valence-corrected chi connectivity index (χ0v) is 11.3. The van der Waals surface area contributed by atoms with Crippen LogP contribution in [0.1, 0.15) is 38.5 Å². The van der Waals surface area contributed by atoms with Crippen LogP contribution >= 0.6 is 0 Å². The Bertz CT molecular complexity index is 175. The van der Waals surface area contributed by atoms with Gasteiger partial charge in [-0.1, -0.05) is 0 Å². The number of hydrogen-bond acceptors (Lipinski definition) is 1. The molecule has 4 rings (SSSR count). The first kappa shape index (κ1) is 13.3. The summed E-state index contributed by atoms with van der Waals surface area (Å²) in [5, 5.41) is 0. The molecule has 0 aromatic rings. The molecule has 0 amide bonds. The molecule has 4 saturated carbocycles. The van der Waals surface area contributed by atoms with E-state index in [0.29, 0.717) is 5.54 Å². The fourth-order valence-electron chi connectivity index (χ4n) is 4.26. The van der Waals surface area contributed by atoms with Crippen LogP contribution in [0.15, 0.2) is 0 Å². The topological polar surface area (TPSA) is 12.0 Å². The molecule has 1 nitrogen and oxygen atoms in total. The van der Waals surface area contributed by atoms with Gasteiger partial charge < -0.3 is 24.8 Å². The van der Waals surface area contributed by atoms with Crippen LogP contribution in [0.25, 0.3) is 0 Å². The summed E-state index contributed by atoms with van der Waals surface area (Å²) in [5.41, 5.74) is 0.592. The van der Waals surface area contributed by atoms with E-state index < -0.39 is 0 Å². The standard InChI is InChI=1S/C10H16N.2ClH.Ti/c11-10-4-7-1-8(5-10)3-9(2-7)6-10;;;/h7-9,11H,1-6H2;2*1H;/q-1;;;+3/p-2. The van der Waals surface area contributed by atoms with Gasteiger partial charge in [0.1, 0.15) is 0 Å². The molecule has 0 aromatic heterocycles. The maximum absolute atomic E-state index is 3.61. The summed E-state index contributed by atoms with van der Waals surface area (Å²) in [6.45, 7) is 0. The first-order chi connectivity index (χ1) is 5.80. The van der Waals surface area contributed by atoms with E-state index in [1.807, 2.05) is 0 Å². The van der Waals surface area contributed by atoms with E-state index in [2.05, 4.69) is 24.5 Å². The van der Waals surface area contributed by atoms with Crippen LogP contribution in [0.5, 0.6) is 0 Å². The van der Waals surface area contributed by atoms with E-state index >= 15 is 0 Å². The summed E-state index contributed by atoms with van der Waals surface area (Å²) in [6, 6.07) is 0. The number of hydrogen-bond donors (Lipinski definition) is 1. The fraction of sp³-hybridized carbons (Fsp3) is 1.00. The number of rotatable bonds is 1. The minimum absolute atomic E-state index is 0. The monoisotopic (exact) mass is 268 g/mol. The van der Waals surface area contributed by atoms with Crippen molar-refractivity contribution in [2.75, 3.05) is 0 Å². The van der Waals surface area contributed by atoms with Crippen LogP contribution in [-0.4, -0.2) is 5.54 Å². The quantitative estimate of drug-likeness (QED) is 0.479. The average molecular weight is 269 g/mol. The molecule has 0 radical (unpaired) electrons. The van der Waals surface area contributed by atoms with Crippen LogP contribution in [-0.2, 0) is 20.7 Å². The van der Waals surface area contributed by atoms with Gasteiger partial charge in [-0.25, -0.2) is 0 Å². The Morgan fingerprint density at radius 3 is 1.50 bits per heavy atom. The summed E-state index contributed by atoms with van der Waals surface area (Å²) in [5.74, 6) is 3.26. The van der Waals surface area contributed by atoms with Crippen molar-refractivity contribution in [3.63, 3.8) is 0 Å². The molecule has 4 bridgehead atoms. The van der Waals surface area contributed by atoms with Crippen LogP contribution in [0, 0.1) is 17.8 Å².